The molecule has 1 aromatic heterocycles. The summed E-state index contributed by atoms with van der Waals surface area (Å²) in [7, 11) is 1.55. The molecule has 0 fully saturated rings. The molecule has 0 aromatic carbocycles. The lowest BCUT2D eigenvalue weighted by atomic mass is 9.90. The van der Waals surface area contributed by atoms with Crippen LogP contribution in [0.15, 0.2) is 12.4 Å². The van der Waals surface area contributed by atoms with Crippen molar-refractivity contribution in [3.05, 3.63) is 12.4 Å². The summed E-state index contributed by atoms with van der Waals surface area (Å²) < 4.78 is 4.79. The topological polar surface area (TPSA) is 98.3 Å². The van der Waals surface area contributed by atoms with Crippen molar-refractivity contribution in [3.63, 3.8) is 0 Å². The number of carboxylic acid groups (broad SMARTS) is 1. The Labute approximate surface area is 114 Å². The average molecular weight is 269 g/mol. The fourth-order valence-electron chi connectivity index (χ4n) is 1.20. The van der Waals surface area contributed by atoms with Crippen molar-refractivity contribution in [1.82, 2.24) is 9.97 Å². The number of nitrogens with two attached hydrogens (primary N) is 1. The molecule has 0 aliphatic rings. The van der Waals surface area contributed by atoms with Crippen LogP contribution in [0, 0.1) is 5.41 Å². The zero-order valence-corrected chi connectivity index (χ0v) is 12.0. The highest BCUT2D eigenvalue weighted by Crippen LogP contribution is 2.21. The Balaban J connectivity index is 0.000000342. The van der Waals surface area contributed by atoms with Crippen LogP contribution in [0.2, 0.25) is 0 Å². The van der Waals surface area contributed by atoms with E-state index in [0.29, 0.717) is 12.2 Å². The molecule has 0 spiro atoms. The second-order valence-electron chi connectivity index (χ2n) is 5.29. The summed E-state index contributed by atoms with van der Waals surface area (Å²) in [6.45, 7) is 6.36. The lowest BCUT2D eigenvalue weighted by molar-refractivity contribution is -0.137. The zero-order chi connectivity index (χ0) is 14.9. The molecule has 0 bridgehead atoms. The first kappa shape index (κ1) is 17.2. The minimum atomic E-state index is -0.691. The molecule has 1 rings (SSSR count). The lowest BCUT2D eigenvalue weighted by Crippen LogP contribution is -2.05. The number of ether oxygens (including phenoxy) is 1. The number of nitrogens with zero attached hydrogens (tertiary/aromatic N) is 2. The van der Waals surface area contributed by atoms with Gasteiger partial charge in [0.05, 0.1) is 19.5 Å². The second-order valence-corrected chi connectivity index (χ2v) is 5.29. The number of hydrogen-bond donors (Lipinski definition) is 2. The van der Waals surface area contributed by atoms with E-state index in [0.717, 1.165) is 12.8 Å². The van der Waals surface area contributed by atoms with Gasteiger partial charge in [0.2, 0.25) is 5.95 Å². The van der Waals surface area contributed by atoms with Crippen LogP contribution in [-0.4, -0.2) is 28.2 Å². The first-order chi connectivity index (χ1) is 8.74. The van der Waals surface area contributed by atoms with Crippen molar-refractivity contribution in [2.45, 2.75) is 40.0 Å². The van der Waals surface area contributed by atoms with Gasteiger partial charge in [0, 0.05) is 6.42 Å². The highest BCUT2D eigenvalue weighted by Gasteiger charge is 2.09. The summed E-state index contributed by atoms with van der Waals surface area (Å²) >= 11 is 0. The van der Waals surface area contributed by atoms with E-state index in [9.17, 15) is 4.79 Å². The summed E-state index contributed by atoms with van der Waals surface area (Å²) in [5, 5.41) is 8.31. The summed E-state index contributed by atoms with van der Waals surface area (Å²) in [5.41, 5.74) is 5.48. The van der Waals surface area contributed by atoms with Gasteiger partial charge in [-0.3, -0.25) is 4.79 Å². The molecule has 19 heavy (non-hydrogen) atoms. The van der Waals surface area contributed by atoms with Crippen LogP contribution in [0.25, 0.3) is 0 Å². The van der Waals surface area contributed by atoms with Gasteiger partial charge in [-0.05, 0) is 18.3 Å². The highest BCUT2D eigenvalue weighted by molar-refractivity contribution is 5.66. The molecule has 0 aliphatic carbocycles. The molecule has 0 saturated carbocycles. The van der Waals surface area contributed by atoms with Gasteiger partial charge in [0.1, 0.15) is 0 Å². The molecule has 108 valence electrons. The Hall–Kier alpha value is -1.85. The standard InChI is InChI=1S/C8H16O2.C5H7N3O/c1-8(2,3)6-4-5-7(9)10;1-9-4-2-7-5(6)8-3-4/h4-6H2,1-3H3,(H,9,10);2-3H,1H3,(H2,6,7,8). The number of hydrogen-bond acceptors (Lipinski definition) is 5. The molecule has 3 N–H and O–H groups in total. The second kappa shape index (κ2) is 8.29. The molecule has 0 unspecified atom stereocenters. The van der Waals surface area contributed by atoms with Gasteiger partial charge in [-0.2, -0.15) is 0 Å². The van der Waals surface area contributed by atoms with E-state index in [1.807, 2.05) is 0 Å². The SMILES string of the molecule is CC(C)(C)CCCC(=O)O.COc1cnc(N)nc1. The van der Waals surface area contributed by atoms with Crippen molar-refractivity contribution < 1.29 is 14.6 Å². The summed E-state index contributed by atoms with van der Waals surface area (Å²) in [6.07, 6.45) is 5.11. The van der Waals surface area contributed by atoms with Crippen LogP contribution >= 0.6 is 0 Å². The van der Waals surface area contributed by atoms with Gasteiger partial charge in [-0.1, -0.05) is 20.8 Å². The Morgan fingerprint density at radius 3 is 2.26 bits per heavy atom. The number of aromatic nitrogens is 2. The lowest BCUT2D eigenvalue weighted by Gasteiger charge is -2.16. The maximum Gasteiger partial charge on any atom is 0.303 e. The molecule has 0 radical (unpaired) electrons. The smallest absolute Gasteiger partial charge is 0.303 e. The summed E-state index contributed by atoms with van der Waals surface area (Å²) in [6, 6.07) is 0. The van der Waals surface area contributed by atoms with E-state index < -0.39 is 5.97 Å². The fourth-order valence-corrected chi connectivity index (χ4v) is 1.20. The fraction of sp³-hybridized carbons (Fsp3) is 0.615. The Morgan fingerprint density at radius 2 is 1.89 bits per heavy atom. The number of carbonyl (C=O) groups is 1. The third kappa shape index (κ3) is 11.0. The van der Waals surface area contributed by atoms with Crippen LogP contribution in [0.3, 0.4) is 0 Å². The number of aliphatic carboxylic acids is 1. The molecular formula is C13H23N3O3. The van der Waals surface area contributed by atoms with Gasteiger partial charge in [0.25, 0.3) is 0 Å². The van der Waals surface area contributed by atoms with E-state index in [-0.39, 0.29) is 11.4 Å². The Kier molecular flexibility index (Phi) is 7.48. The largest absolute Gasteiger partial charge is 0.494 e. The Morgan fingerprint density at radius 1 is 1.37 bits per heavy atom. The van der Waals surface area contributed by atoms with Gasteiger partial charge in [0.15, 0.2) is 5.75 Å². The van der Waals surface area contributed by atoms with Gasteiger partial charge >= 0.3 is 5.97 Å². The van der Waals surface area contributed by atoms with Crippen LogP contribution < -0.4 is 10.5 Å². The van der Waals surface area contributed by atoms with Gasteiger partial charge in [-0.25, -0.2) is 9.97 Å². The minimum absolute atomic E-state index is 0.260. The van der Waals surface area contributed by atoms with Gasteiger partial charge in [-0.15, -0.1) is 0 Å². The number of anilines is 1. The molecule has 6 heteroatoms. The van der Waals surface area contributed by atoms with Crippen LogP contribution in [0.5, 0.6) is 5.75 Å². The number of carboxylic acids is 1. The van der Waals surface area contributed by atoms with E-state index in [1.165, 1.54) is 12.4 Å². The van der Waals surface area contributed by atoms with Crippen molar-refractivity contribution in [3.8, 4) is 5.75 Å². The van der Waals surface area contributed by atoms with Crippen molar-refractivity contribution >= 4 is 11.9 Å². The molecule has 1 aromatic rings. The van der Waals surface area contributed by atoms with Crippen molar-refractivity contribution in [2.24, 2.45) is 5.41 Å². The Bertz CT molecular complexity index is 372. The van der Waals surface area contributed by atoms with Gasteiger partial charge < -0.3 is 15.6 Å². The van der Waals surface area contributed by atoms with Crippen LogP contribution in [-0.2, 0) is 4.79 Å². The first-order valence-electron chi connectivity index (χ1n) is 6.08. The molecular weight excluding hydrogens is 246 g/mol. The predicted octanol–water partition coefficient (Wildman–Crippen LogP) is 2.35. The number of methoxy groups -OCH3 is 1. The predicted molar refractivity (Wildman–Crippen MR) is 73.9 cm³/mol. The molecule has 6 nitrogen and oxygen atoms in total. The normalized spacial score (nSPS) is 10.3. The molecule has 0 saturated heterocycles. The number of nitrogen functional groups attached to an aromatic ring is 1. The van der Waals surface area contributed by atoms with Crippen LogP contribution in [0.4, 0.5) is 5.95 Å². The van der Waals surface area contributed by atoms with E-state index in [2.05, 4.69) is 30.7 Å². The summed E-state index contributed by atoms with van der Waals surface area (Å²) in [5.74, 6) is 0.184. The van der Waals surface area contributed by atoms with E-state index in [4.69, 9.17) is 15.6 Å². The quantitative estimate of drug-likeness (QED) is 0.870. The highest BCUT2D eigenvalue weighted by atomic mass is 16.5. The third-order valence-electron chi connectivity index (χ3n) is 2.20. The first-order valence-corrected chi connectivity index (χ1v) is 6.08. The number of rotatable bonds is 4. The molecule has 0 aliphatic heterocycles. The minimum Gasteiger partial charge on any atom is -0.494 e. The molecule has 0 atom stereocenters. The summed E-state index contributed by atoms with van der Waals surface area (Å²) in [4.78, 5) is 17.5. The van der Waals surface area contributed by atoms with Crippen LogP contribution in [0.1, 0.15) is 40.0 Å². The third-order valence-corrected chi connectivity index (χ3v) is 2.20. The molecule has 0 amide bonds. The van der Waals surface area contributed by atoms with Crippen molar-refractivity contribution in [1.29, 1.82) is 0 Å². The monoisotopic (exact) mass is 269 g/mol. The average Bonchev–Trinajstić information content (AvgIpc) is 2.28. The van der Waals surface area contributed by atoms with E-state index in [1.54, 1.807) is 7.11 Å². The van der Waals surface area contributed by atoms with Crippen molar-refractivity contribution in [2.75, 3.05) is 12.8 Å². The molecule has 1 heterocycles. The maximum absolute atomic E-state index is 10.1. The van der Waals surface area contributed by atoms with E-state index >= 15 is 0 Å². The maximum atomic E-state index is 10.1. The zero-order valence-electron chi connectivity index (χ0n) is 12.0.